The number of rotatable bonds is 6. The summed E-state index contributed by atoms with van der Waals surface area (Å²) in [4.78, 5) is 27.4. The molecule has 0 radical (unpaired) electrons. The van der Waals surface area contributed by atoms with Crippen molar-refractivity contribution < 1.29 is 13.2 Å². The van der Waals surface area contributed by atoms with Crippen LogP contribution >= 0.6 is 11.8 Å². The summed E-state index contributed by atoms with van der Waals surface area (Å²) in [6, 6.07) is 5.13. The van der Waals surface area contributed by atoms with E-state index in [1.807, 2.05) is 18.2 Å². The van der Waals surface area contributed by atoms with Gasteiger partial charge in [-0.2, -0.15) is 0 Å². The quantitative estimate of drug-likeness (QED) is 0.612. The fourth-order valence-corrected chi connectivity index (χ4v) is 6.00. The van der Waals surface area contributed by atoms with Crippen LogP contribution in [-0.4, -0.2) is 43.1 Å². The van der Waals surface area contributed by atoms with Gasteiger partial charge in [-0.15, -0.1) is 11.8 Å². The number of nitrogens with one attached hydrogen (secondary N) is 2. The summed E-state index contributed by atoms with van der Waals surface area (Å²) in [5.74, 6) is 0.890. The zero-order valence-electron chi connectivity index (χ0n) is 20.3. The molecule has 0 spiro atoms. The summed E-state index contributed by atoms with van der Waals surface area (Å²) in [6.07, 6.45) is 11.0. The Morgan fingerprint density at radius 2 is 1.94 bits per heavy atom. The lowest BCUT2D eigenvalue weighted by molar-refractivity contribution is 0.396. The Labute approximate surface area is 208 Å². The first kappa shape index (κ1) is 25.3. The molecule has 0 saturated carbocycles. The van der Waals surface area contributed by atoms with Crippen LogP contribution in [-0.2, 0) is 15.4 Å². The summed E-state index contributed by atoms with van der Waals surface area (Å²) >= 11 is 1.63. The van der Waals surface area contributed by atoms with E-state index in [0.717, 1.165) is 33.6 Å². The smallest absolute Gasteiger partial charge is 0.332 e. The molecule has 10 heteroatoms. The number of aromatic amines is 1. The minimum Gasteiger partial charge on any atom is -0.496 e. The third kappa shape index (κ3) is 5.55. The molecule has 0 saturated heterocycles. The molecule has 2 unspecified atom stereocenters. The van der Waals surface area contributed by atoms with Crippen molar-refractivity contribution in [1.82, 2.24) is 14.3 Å². The summed E-state index contributed by atoms with van der Waals surface area (Å²) in [5, 5.41) is 0.119. The van der Waals surface area contributed by atoms with Gasteiger partial charge >= 0.3 is 5.69 Å². The first-order chi connectivity index (χ1) is 16.4. The van der Waals surface area contributed by atoms with Crippen LogP contribution in [0.3, 0.4) is 0 Å². The molecule has 0 bridgehead atoms. The summed E-state index contributed by atoms with van der Waals surface area (Å²) in [6.45, 7) is 6.50. The van der Waals surface area contributed by atoms with Crippen molar-refractivity contribution in [2.75, 3.05) is 19.9 Å². The van der Waals surface area contributed by atoms with Crippen molar-refractivity contribution in [2.24, 2.45) is 5.92 Å². The van der Waals surface area contributed by atoms with Gasteiger partial charge in [0.05, 0.1) is 19.1 Å². The molecule has 2 N–H and O–H groups in total. The molecule has 0 amide bonds. The van der Waals surface area contributed by atoms with Crippen molar-refractivity contribution in [3.05, 3.63) is 85.6 Å². The number of fused-ring (bicyclic) bond motifs is 1. The molecule has 186 valence electrons. The lowest BCUT2D eigenvalue weighted by atomic mass is 9.82. The van der Waals surface area contributed by atoms with E-state index >= 15 is 0 Å². The molecule has 2 atom stereocenters. The van der Waals surface area contributed by atoms with E-state index in [2.05, 4.69) is 48.7 Å². The van der Waals surface area contributed by atoms with Gasteiger partial charge in [-0.25, -0.2) is 17.9 Å². The van der Waals surface area contributed by atoms with Crippen LogP contribution in [0.25, 0.3) is 11.3 Å². The van der Waals surface area contributed by atoms with Crippen LogP contribution in [0.2, 0.25) is 0 Å². The highest BCUT2D eigenvalue weighted by Gasteiger charge is 2.30. The van der Waals surface area contributed by atoms with Gasteiger partial charge in [-0.1, -0.05) is 45.1 Å². The second-order valence-electron chi connectivity index (χ2n) is 9.67. The Hall–Kier alpha value is -2.82. The molecular formula is C25H29N3O5S2. The van der Waals surface area contributed by atoms with Crippen LogP contribution in [0, 0.1) is 5.92 Å². The number of nitrogens with zero attached hydrogens (tertiary/aromatic N) is 1. The van der Waals surface area contributed by atoms with Crippen LogP contribution in [0.15, 0.2) is 63.2 Å². The van der Waals surface area contributed by atoms with Crippen molar-refractivity contribution in [3.8, 4) is 11.4 Å². The molecule has 1 aromatic carbocycles. The van der Waals surface area contributed by atoms with Gasteiger partial charge < -0.3 is 4.74 Å². The number of allylic oxidation sites excluding steroid dienone is 4. The zero-order chi connectivity index (χ0) is 25.5. The normalized spacial score (nSPS) is 19.8. The third-order valence-corrected chi connectivity index (χ3v) is 7.87. The minimum atomic E-state index is -3.27. The minimum absolute atomic E-state index is 0.119. The number of methoxy groups -OCH3 is 1. The second kappa shape index (κ2) is 9.33. The number of thioether (sulfide) groups is 1. The Morgan fingerprint density at radius 3 is 2.57 bits per heavy atom. The van der Waals surface area contributed by atoms with Crippen molar-refractivity contribution in [1.29, 1.82) is 0 Å². The maximum atomic E-state index is 12.5. The largest absolute Gasteiger partial charge is 0.496 e. The monoisotopic (exact) mass is 515 g/mol. The fraction of sp³-hybridized carbons (Fsp3) is 0.360. The van der Waals surface area contributed by atoms with Crippen LogP contribution < -0.4 is 20.7 Å². The summed E-state index contributed by atoms with van der Waals surface area (Å²) in [7, 11) is -1.63. The van der Waals surface area contributed by atoms with E-state index in [1.165, 1.54) is 16.8 Å². The van der Waals surface area contributed by atoms with E-state index in [-0.39, 0.29) is 23.1 Å². The first-order valence-corrected chi connectivity index (χ1v) is 13.9. The molecule has 8 nitrogen and oxygen atoms in total. The van der Waals surface area contributed by atoms with E-state index in [4.69, 9.17) is 4.74 Å². The highest BCUT2D eigenvalue weighted by atomic mass is 32.2. The van der Waals surface area contributed by atoms with Gasteiger partial charge in [0, 0.05) is 41.1 Å². The molecule has 2 aromatic rings. The Bertz CT molecular complexity index is 1470. The Kier molecular flexibility index (Phi) is 6.74. The number of ether oxygens (including phenoxy) is 1. The van der Waals surface area contributed by atoms with Gasteiger partial charge in [0.1, 0.15) is 5.75 Å². The highest BCUT2D eigenvalue weighted by Crippen LogP contribution is 2.45. The predicted octanol–water partition coefficient (Wildman–Crippen LogP) is 2.95. The average Bonchev–Trinajstić information content (AvgIpc) is 3.18. The Balaban J connectivity index is 1.78. The SMILES string of the molecule is COc1c(C2=CC3SC(CNS(C)(=O)=O)=CC3C=C2)cc(-n2ccc(=O)[nH]c2=O)cc1C(C)(C)C. The molecule has 2 aliphatic rings. The zero-order valence-corrected chi connectivity index (χ0v) is 21.9. The van der Waals surface area contributed by atoms with E-state index in [1.54, 1.807) is 18.9 Å². The summed E-state index contributed by atoms with van der Waals surface area (Å²) < 4.78 is 32.8. The average molecular weight is 516 g/mol. The standard InChI is InChI=1S/C25H29N3O5S2/c1-25(2,3)20-13-17(28-9-8-22(29)27-24(28)30)12-19(23(20)33-4)15-6-7-16-10-18(34-21(16)11-15)14-26-35(5,31)32/h6-13,16,21,26H,14H2,1-5H3,(H,27,29,30). The number of benzene rings is 1. The maximum Gasteiger partial charge on any atom is 0.332 e. The van der Waals surface area contributed by atoms with Crippen LogP contribution in [0.5, 0.6) is 5.75 Å². The van der Waals surface area contributed by atoms with Crippen LogP contribution in [0.1, 0.15) is 31.9 Å². The molecule has 1 aliphatic carbocycles. The lowest BCUT2D eigenvalue weighted by Crippen LogP contribution is -2.28. The molecule has 4 rings (SSSR count). The first-order valence-electron chi connectivity index (χ1n) is 11.1. The molecule has 2 heterocycles. The van der Waals surface area contributed by atoms with E-state index in [9.17, 15) is 18.0 Å². The van der Waals surface area contributed by atoms with Gasteiger partial charge in [0.25, 0.3) is 5.56 Å². The fourth-order valence-electron chi connectivity index (χ4n) is 4.21. The Morgan fingerprint density at radius 1 is 1.20 bits per heavy atom. The predicted molar refractivity (Wildman–Crippen MR) is 141 cm³/mol. The van der Waals surface area contributed by atoms with Crippen molar-refractivity contribution in [3.63, 3.8) is 0 Å². The van der Waals surface area contributed by atoms with E-state index in [0.29, 0.717) is 5.69 Å². The van der Waals surface area contributed by atoms with Gasteiger partial charge in [0.2, 0.25) is 10.0 Å². The molecule has 1 aliphatic heterocycles. The van der Waals surface area contributed by atoms with E-state index < -0.39 is 21.3 Å². The van der Waals surface area contributed by atoms with Crippen LogP contribution in [0.4, 0.5) is 0 Å². The third-order valence-electron chi connectivity index (χ3n) is 5.89. The number of hydrogen-bond acceptors (Lipinski definition) is 6. The van der Waals surface area contributed by atoms with Gasteiger partial charge in [-0.05, 0) is 28.0 Å². The number of sulfonamides is 1. The highest BCUT2D eigenvalue weighted by molar-refractivity contribution is 8.04. The lowest BCUT2D eigenvalue weighted by Gasteiger charge is -2.27. The summed E-state index contributed by atoms with van der Waals surface area (Å²) in [5.41, 5.74) is 2.10. The topological polar surface area (TPSA) is 110 Å². The molecule has 1 aromatic heterocycles. The van der Waals surface area contributed by atoms with Gasteiger partial charge in [0.15, 0.2) is 0 Å². The van der Waals surface area contributed by atoms with Crippen molar-refractivity contribution in [2.45, 2.75) is 31.4 Å². The number of hydrogen-bond donors (Lipinski definition) is 2. The molecule has 35 heavy (non-hydrogen) atoms. The van der Waals surface area contributed by atoms with Crippen molar-refractivity contribution >= 4 is 27.4 Å². The number of H-pyrrole nitrogens is 1. The molecule has 0 fully saturated rings. The molecular weight excluding hydrogens is 486 g/mol. The maximum absolute atomic E-state index is 12.5. The van der Waals surface area contributed by atoms with Gasteiger partial charge in [-0.3, -0.25) is 14.3 Å². The number of aromatic nitrogens is 2. The second-order valence-corrected chi connectivity index (χ2v) is 12.8.